The molecule has 1 atom stereocenters. The van der Waals surface area contributed by atoms with Gasteiger partial charge in [-0.25, -0.2) is 23.7 Å². The number of alkyl halides is 2. The normalized spacial score (nSPS) is 19.4. The molecule has 5 rings (SSSR count). The molecule has 3 aromatic rings. The Morgan fingerprint density at radius 3 is 2.61 bits per heavy atom. The minimum Gasteiger partial charge on any atom is -0.367 e. The molecule has 0 aliphatic heterocycles. The van der Waals surface area contributed by atoms with E-state index < -0.39 is 17.7 Å². The highest BCUT2D eigenvalue weighted by atomic mass is 19.3. The van der Waals surface area contributed by atoms with Crippen molar-refractivity contribution in [3.8, 4) is 0 Å². The fraction of sp³-hybridized carbons (Fsp3) is 0.478. The number of nitrogens with zero attached hydrogens (tertiary/aromatic N) is 3. The van der Waals surface area contributed by atoms with E-state index in [9.17, 15) is 18.0 Å². The van der Waals surface area contributed by atoms with Gasteiger partial charge in [0.1, 0.15) is 23.6 Å². The standard InChI is InChI=1S/C23H25F3N6O/c1-12(13-2-3-13)30-22-18-16(10-27-21(18)28-11-29-22)19(33)15-4-5-17(32-20(15)24)31-14-6-8-23(25,26)9-7-14/h4-5,10-14H,2-3,6-9H2,1H3,(H,31,32)(H2,27,28,29,30)/t12-/m1/s1. The van der Waals surface area contributed by atoms with Crippen molar-refractivity contribution in [3.63, 3.8) is 0 Å². The zero-order valence-corrected chi connectivity index (χ0v) is 18.2. The molecule has 2 aliphatic rings. The largest absolute Gasteiger partial charge is 0.367 e. The third-order valence-electron chi connectivity index (χ3n) is 6.57. The smallest absolute Gasteiger partial charge is 0.248 e. The minimum atomic E-state index is -2.64. The quantitative estimate of drug-likeness (QED) is 0.344. The first-order valence-electron chi connectivity index (χ1n) is 11.2. The third kappa shape index (κ3) is 4.51. The number of carbonyl (C=O) groups excluding carboxylic acids is 1. The fourth-order valence-corrected chi connectivity index (χ4v) is 4.40. The number of anilines is 2. The number of H-pyrrole nitrogens is 1. The van der Waals surface area contributed by atoms with Crippen molar-refractivity contribution in [2.24, 2.45) is 5.92 Å². The molecule has 0 radical (unpaired) electrons. The number of halogens is 3. The van der Waals surface area contributed by atoms with E-state index in [1.54, 1.807) is 0 Å². The lowest BCUT2D eigenvalue weighted by molar-refractivity contribution is -0.0361. The first-order valence-corrected chi connectivity index (χ1v) is 11.2. The van der Waals surface area contributed by atoms with Crippen LogP contribution in [0.2, 0.25) is 0 Å². The van der Waals surface area contributed by atoms with Crippen LogP contribution in [-0.4, -0.2) is 43.7 Å². The molecule has 0 aromatic carbocycles. The van der Waals surface area contributed by atoms with E-state index in [0.29, 0.717) is 22.8 Å². The molecule has 0 unspecified atom stereocenters. The molecule has 7 nitrogen and oxygen atoms in total. The van der Waals surface area contributed by atoms with Crippen LogP contribution >= 0.6 is 0 Å². The molecule has 0 spiro atoms. The van der Waals surface area contributed by atoms with E-state index >= 15 is 0 Å². The van der Waals surface area contributed by atoms with Gasteiger partial charge in [-0.1, -0.05) is 0 Å². The summed E-state index contributed by atoms with van der Waals surface area (Å²) in [6, 6.07) is 2.87. The summed E-state index contributed by atoms with van der Waals surface area (Å²) in [6.45, 7) is 2.07. The van der Waals surface area contributed by atoms with Gasteiger partial charge >= 0.3 is 0 Å². The van der Waals surface area contributed by atoms with E-state index in [1.807, 2.05) is 0 Å². The predicted octanol–water partition coefficient (Wildman–Crippen LogP) is 4.92. The Labute approximate surface area is 188 Å². The SMILES string of the molecule is C[C@@H](Nc1ncnc2[nH]cc(C(=O)c3ccc(NC4CCC(F)(F)CC4)nc3F)c12)C1CC1. The van der Waals surface area contributed by atoms with Crippen LogP contribution in [0.5, 0.6) is 0 Å². The molecule has 2 fully saturated rings. The van der Waals surface area contributed by atoms with Gasteiger partial charge in [-0.2, -0.15) is 4.39 Å². The average Bonchev–Trinajstić information content (AvgIpc) is 3.54. The van der Waals surface area contributed by atoms with Crippen molar-refractivity contribution in [3.05, 3.63) is 41.7 Å². The van der Waals surface area contributed by atoms with Gasteiger partial charge in [-0.05, 0) is 50.7 Å². The van der Waals surface area contributed by atoms with Crippen LogP contribution in [0.3, 0.4) is 0 Å². The maximum absolute atomic E-state index is 14.8. The molecular weight excluding hydrogens is 433 g/mol. The van der Waals surface area contributed by atoms with Gasteiger partial charge < -0.3 is 15.6 Å². The third-order valence-corrected chi connectivity index (χ3v) is 6.57. The van der Waals surface area contributed by atoms with Crippen LogP contribution in [0.15, 0.2) is 24.7 Å². The van der Waals surface area contributed by atoms with Crippen LogP contribution in [0.1, 0.15) is 61.4 Å². The topological polar surface area (TPSA) is 95.6 Å². The fourth-order valence-electron chi connectivity index (χ4n) is 4.40. The van der Waals surface area contributed by atoms with Gasteiger partial charge in [0.2, 0.25) is 11.9 Å². The maximum atomic E-state index is 14.8. The number of carbonyl (C=O) groups is 1. The van der Waals surface area contributed by atoms with Crippen LogP contribution < -0.4 is 10.6 Å². The van der Waals surface area contributed by atoms with Gasteiger partial charge in [0, 0.05) is 31.1 Å². The van der Waals surface area contributed by atoms with E-state index in [4.69, 9.17) is 0 Å². The van der Waals surface area contributed by atoms with Crippen LogP contribution in [0, 0.1) is 11.9 Å². The number of aromatic nitrogens is 4. The van der Waals surface area contributed by atoms with Gasteiger partial charge in [-0.15, -0.1) is 0 Å². The van der Waals surface area contributed by atoms with Gasteiger partial charge in [0.15, 0.2) is 5.78 Å². The van der Waals surface area contributed by atoms with E-state index in [-0.39, 0.29) is 54.7 Å². The Morgan fingerprint density at radius 2 is 1.91 bits per heavy atom. The number of ketones is 1. The summed E-state index contributed by atoms with van der Waals surface area (Å²) in [5.74, 6) is -2.76. The molecule has 2 aliphatic carbocycles. The Morgan fingerprint density at radius 1 is 1.15 bits per heavy atom. The van der Waals surface area contributed by atoms with Gasteiger partial charge in [-0.3, -0.25) is 4.79 Å². The Kier molecular flexibility index (Phi) is 5.46. The monoisotopic (exact) mass is 458 g/mol. The van der Waals surface area contributed by atoms with E-state index in [1.165, 1.54) is 24.7 Å². The molecule has 10 heteroatoms. The molecule has 3 aromatic heterocycles. The Hall–Kier alpha value is -3.17. The first-order chi connectivity index (χ1) is 15.8. The van der Waals surface area contributed by atoms with Gasteiger partial charge in [0.25, 0.3) is 0 Å². The molecule has 3 N–H and O–H groups in total. The van der Waals surface area contributed by atoms with Crippen molar-refractivity contribution in [1.29, 1.82) is 0 Å². The lowest BCUT2D eigenvalue weighted by Gasteiger charge is -2.29. The number of fused-ring (bicyclic) bond motifs is 1. The second kappa shape index (κ2) is 8.31. The number of rotatable bonds is 7. The summed E-state index contributed by atoms with van der Waals surface area (Å²) in [4.78, 5) is 28.5. The summed E-state index contributed by atoms with van der Waals surface area (Å²) in [7, 11) is 0. The zero-order chi connectivity index (χ0) is 23.2. The number of pyridine rings is 1. The van der Waals surface area contributed by atoms with Crippen molar-refractivity contribution in [1.82, 2.24) is 19.9 Å². The van der Waals surface area contributed by atoms with Crippen LogP contribution in [0.4, 0.5) is 24.8 Å². The molecule has 0 saturated heterocycles. The number of nitrogens with one attached hydrogen (secondary N) is 3. The van der Waals surface area contributed by atoms with E-state index in [2.05, 4.69) is 37.5 Å². The second-order valence-corrected chi connectivity index (χ2v) is 9.06. The molecule has 0 amide bonds. The van der Waals surface area contributed by atoms with Crippen molar-refractivity contribution in [2.45, 2.75) is 63.5 Å². The summed E-state index contributed by atoms with van der Waals surface area (Å²) in [6.07, 6.45) is 5.37. The lowest BCUT2D eigenvalue weighted by atomic mass is 9.92. The zero-order valence-electron chi connectivity index (χ0n) is 18.2. The summed E-state index contributed by atoms with van der Waals surface area (Å²) in [5.41, 5.74) is 0.563. The minimum absolute atomic E-state index is 0.179. The second-order valence-electron chi connectivity index (χ2n) is 9.06. The number of hydrogen-bond donors (Lipinski definition) is 3. The predicted molar refractivity (Wildman–Crippen MR) is 118 cm³/mol. The Balaban J connectivity index is 1.37. The van der Waals surface area contributed by atoms with Crippen LogP contribution in [-0.2, 0) is 0 Å². The highest BCUT2D eigenvalue weighted by molar-refractivity contribution is 6.18. The molecule has 2 saturated carbocycles. The number of hydrogen-bond acceptors (Lipinski definition) is 6. The highest BCUT2D eigenvalue weighted by Gasteiger charge is 2.35. The first kappa shape index (κ1) is 21.7. The van der Waals surface area contributed by atoms with Crippen molar-refractivity contribution >= 4 is 28.5 Å². The lowest BCUT2D eigenvalue weighted by Crippen LogP contribution is -2.32. The maximum Gasteiger partial charge on any atom is 0.248 e. The molecule has 3 heterocycles. The van der Waals surface area contributed by atoms with Gasteiger partial charge in [0.05, 0.1) is 16.5 Å². The summed E-state index contributed by atoms with van der Waals surface area (Å²) in [5, 5.41) is 6.88. The van der Waals surface area contributed by atoms with E-state index in [0.717, 1.165) is 12.8 Å². The number of aromatic amines is 1. The highest BCUT2D eigenvalue weighted by Crippen LogP contribution is 2.36. The average molecular weight is 458 g/mol. The summed E-state index contributed by atoms with van der Waals surface area (Å²) < 4.78 is 41.5. The van der Waals surface area contributed by atoms with Crippen molar-refractivity contribution < 1.29 is 18.0 Å². The Bertz CT molecular complexity index is 1180. The molecular formula is C23H25F3N6O. The molecule has 33 heavy (non-hydrogen) atoms. The molecule has 174 valence electrons. The van der Waals surface area contributed by atoms with Crippen LogP contribution in [0.25, 0.3) is 11.0 Å². The molecule has 0 bridgehead atoms. The summed E-state index contributed by atoms with van der Waals surface area (Å²) >= 11 is 0. The van der Waals surface area contributed by atoms with Crippen molar-refractivity contribution in [2.75, 3.05) is 10.6 Å².